The van der Waals surface area contributed by atoms with Crippen molar-refractivity contribution < 1.29 is 8.42 Å². The third kappa shape index (κ3) is 3.31. The zero-order valence-electron chi connectivity index (χ0n) is 11.5. The zero-order valence-corrected chi connectivity index (χ0v) is 12.3. The van der Waals surface area contributed by atoms with Gasteiger partial charge in [0.1, 0.15) is 0 Å². The van der Waals surface area contributed by atoms with Gasteiger partial charge < -0.3 is 5.32 Å². The topological polar surface area (TPSA) is 49.4 Å². The minimum Gasteiger partial charge on any atom is -0.317 e. The van der Waals surface area contributed by atoms with Gasteiger partial charge in [0.15, 0.2) is 0 Å². The van der Waals surface area contributed by atoms with E-state index in [1.54, 1.807) is 26.2 Å². The molecular weight excluding hydrogens is 248 g/mol. The van der Waals surface area contributed by atoms with Gasteiger partial charge in [0.2, 0.25) is 10.0 Å². The average molecular weight is 270 g/mol. The van der Waals surface area contributed by atoms with Crippen LogP contribution >= 0.6 is 0 Å². The highest BCUT2D eigenvalue weighted by molar-refractivity contribution is 7.89. The Bertz CT molecular complexity index is 480. The van der Waals surface area contributed by atoms with Crippen LogP contribution in [0.2, 0.25) is 0 Å². The van der Waals surface area contributed by atoms with Gasteiger partial charge in [-0.15, -0.1) is 0 Å². The molecule has 18 heavy (non-hydrogen) atoms. The molecule has 0 spiro atoms. The fourth-order valence-electron chi connectivity index (χ4n) is 1.84. The highest BCUT2D eigenvalue weighted by Crippen LogP contribution is 2.20. The van der Waals surface area contributed by atoms with E-state index in [-0.39, 0.29) is 0 Å². The Labute approximate surface area is 110 Å². The number of sulfonamides is 1. The summed E-state index contributed by atoms with van der Waals surface area (Å²) in [7, 11) is 1.65. The second kappa shape index (κ2) is 6.31. The van der Waals surface area contributed by atoms with Crippen LogP contribution < -0.4 is 5.32 Å². The van der Waals surface area contributed by atoms with E-state index >= 15 is 0 Å². The van der Waals surface area contributed by atoms with Crippen LogP contribution in [0.5, 0.6) is 0 Å². The standard InChI is InChI=1S/C13H22N2O2S/c1-5-12(14-2)10-11-8-6-7-9-13(11)18(16,17)15(3)4/h6-9,12,14H,5,10H2,1-4H3. The van der Waals surface area contributed by atoms with Gasteiger partial charge in [-0.25, -0.2) is 12.7 Å². The van der Waals surface area contributed by atoms with Crippen molar-refractivity contribution in [2.24, 2.45) is 0 Å². The van der Waals surface area contributed by atoms with Crippen molar-refractivity contribution in [1.29, 1.82) is 0 Å². The molecule has 0 saturated heterocycles. The van der Waals surface area contributed by atoms with Gasteiger partial charge >= 0.3 is 0 Å². The highest BCUT2D eigenvalue weighted by Gasteiger charge is 2.21. The summed E-state index contributed by atoms with van der Waals surface area (Å²) in [6.45, 7) is 2.09. The molecule has 102 valence electrons. The summed E-state index contributed by atoms with van der Waals surface area (Å²) in [5.41, 5.74) is 0.868. The molecule has 0 fully saturated rings. The summed E-state index contributed by atoms with van der Waals surface area (Å²) in [5, 5.41) is 3.20. The maximum Gasteiger partial charge on any atom is 0.242 e. The zero-order chi connectivity index (χ0) is 13.8. The number of nitrogens with zero attached hydrogens (tertiary/aromatic N) is 1. The fraction of sp³-hybridized carbons (Fsp3) is 0.538. The third-order valence-corrected chi connectivity index (χ3v) is 5.01. The maximum atomic E-state index is 12.2. The summed E-state index contributed by atoms with van der Waals surface area (Å²) < 4.78 is 25.7. The number of rotatable bonds is 6. The molecule has 0 amide bonds. The molecule has 1 unspecified atom stereocenters. The number of benzene rings is 1. The molecule has 1 atom stereocenters. The lowest BCUT2D eigenvalue weighted by Crippen LogP contribution is -2.29. The molecule has 1 N–H and O–H groups in total. The van der Waals surface area contributed by atoms with Crippen molar-refractivity contribution in [1.82, 2.24) is 9.62 Å². The van der Waals surface area contributed by atoms with E-state index in [1.165, 1.54) is 4.31 Å². The first-order chi connectivity index (χ1) is 8.43. The molecule has 0 radical (unpaired) electrons. The lowest BCUT2D eigenvalue weighted by molar-refractivity contribution is 0.513. The van der Waals surface area contributed by atoms with E-state index in [2.05, 4.69) is 12.2 Å². The molecule has 0 saturated carbocycles. The van der Waals surface area contributed by atoms with Crippen molar-refractivity contribution in [2.45, 2.75) is 30.7 Å². The Morgan fingerprint density at radius 3 is 2.39 bits per heavy atom. The highest BCUT2D eigenvalue weighted by atomic mass is 32.2. The quantitative estimate of drug-likeness (QED) is 0.852. The molecule has 1 aromatic rings. The Morgan fingerprint density at radius 1 is 1.28 bits per heavy atom. The average Bonchev–Trinajstić information content (AvgIpc) is 2.36. The summed E-state index contributed by atoms with van der Waals surface area (Å²) in [5.74, 6) is 0. The summed E-state index contributed by atoms with van der Waals surface area (Å²) in [6.07, 6.45) is 1.68. The van der Waals surface area contributed by atoms with Gasteiger partial charge in [-0.3, -0.25) is 0 Å². The van der Waals surface area contributed by atoms with Crippen LogP contribution in [0.3, 0.4) is 0 Å². The largest absolute Gasteiger partial charge is 0.317 e. The van der Waals surface area contributed by atoms with Crippen molar-refractivity contribution in [3.63, 3.8) is 0 Å². The first-order valence-corrected chi connectivity index (χ1v) is 7.55. The van der Waals surface area contributed by atoms with Gasteiger partial charge in [0, 0.05) is 20.1 Å². The Kier molecular flexibility index (Phi) is 5.31. The minimum atomic E-state index is -3.36. The molecule has 1 rings (SSSR count). The number of hydrogen-bond acceptors (Lipinski definition) is 3. The Hall–Kier alpha value is -0.910. The number of nitrogens with one attached hydrogen (secondary N) is 1. The molecule has 0 heterocycles. The molecular formula is C13H22N2O2S. The third-order valence-electron chi connectivity index (χ3n) is 3.10. The van der Waals surface area contributed by atoms with Crippen molar-refractivity contribution in [3.05, 3.63) is 29.8 Å². The van der Waals surface area contributed by atoms with Crippen molar-refractivity contribution in [2.75, 3.05) is 21.1 Å². The van der Waals surface area contributed by atoms with Crippen LogP contribution in [0.4, 0.5) is 0 Å². The van der Waals surface area contributed by atoms with Crippen LogP contribution in [0.15, 0.2) is 29.2 Å². The van der Waals surface area contributed by atoms with Crippen LogP contribution in [-0.4, -0.2) is 39.9 Å². The second-order valence-electron chi connectivity index (χ2n) is 4.49. The lowest BCUT2D eigenvalue weighted by atomic mass is 10.0. The Balaban J connectivity index is 3.15. The van der Waals surface area contributed by atoms with E-state index in [0.29, 0.717) is 10.9 Å². The van der Waals surface area contributed by atoms with Crippen molar-refractivity contribution >= 4 is 10.0 Å². The van der Waals surface area contributed by atoms with Crippen LogP contribution in [0, 0.1) is 0 Å². The Morgan fingerprint density at radius 2 is 1.89 bits per heavy atom. The molecule has 5 heteroatoms. The predicted molar refractivity (Wildman–Crippen MR) is 74.2 cm³/mol. The molecule has 0 aromatic heterocycles. The van der Waals surface area contributed by atoms with E-state index in [4.69, 9.17) is 0 Å². The van der Waals surface area contributed by atoms with E-state index in [0.717, 1.165) is 18.4 Å². The van der Waals surface area contributed by atoms with E-state index < -0.39 is 10.0 Å². The van der Waals surface area contributed by atoms with Crippen LogP contribution in [0.25, 0.3) is 0 Å². The first-order valence-electron chi connectivity index (χ1n) is 6.11. The predicted octanol–water partition coefficient (Wildman–Crippen LogP) is 1.48. The van der Waals surface area contributed by atoms with Gasteiger partial charge in [-0.05, 0) is 31.5 Å². The van der Waals surface area contributed by atoms with Gasteiger partial charge in [-0.1, -0.05) is 25.1 Å². The van der Waals surface area contributed by atoms with Crippen LogP contribution in [-0.2, 0) is 16.4 Å². The molecule has 0 aliphatic rings. The van der Waals surface area contributed by atoms with E-state index in [1.807, 2.05) is 19.2 Å². The van der Waals surface area contributed by atoms with Crippen molar-refractivity contribution in [3.8, 4) is 0 Å². The summed E-state index contributed by atoms with van der Waals surface area (Å²) in [6, 6.07) is 7.50. The maximum absolute atomic E-state index is 12.2. The smallest absolute Gasteiger partial charge is 0.242 e. The molecule has 1 aromatic carbocycles. The number of likely N-dealkylation sites (N-methyl/N-ethyl adjacent to an activating group) is 1. The lowest BCUT2D eigenvalue weighted by Gasteiger charge is -2.18. The molecule has 0 bridgehead atoms. The monoisotopic (exact) mass is 270 g/mol. The molecule has 0 aliphatic heterocycles. The van der Waals surface area contributed by atoms with Gasteiger partial charge in [-0.2, -0.15) is 0 Å². The first kappa shape index (κ1) is 15.1. The molecule has 4 nitrogen and oxygen atoms in total. The molecule has 0 aliphatic carbocycles. The van der Waals surface area contributed by atoms with Gasteiger partial charge in [0.05, 0.1) is 4.90 Å². The van der Waals surface area contributed by atoms with E-state index in [9.17, 15) is 8.42 Å². The normalized spacial score (nSPS) is 13.8. The minimum absolute atomic E-state index is 0.295. The van der Waals surface area contributed by atoms with Gasteiger partial charge in [0.25, 0.3) is 0 Å². The van der Waals surface area contributed by atoms with Crippen LogP contribution in [0.1, 0.15) is 18.9 Å². The summed E-state index contributed by atoms with van der Waals surface area (Å²) in [4.78, 5) is 0.406. The second-order valence-corrected chi connectivity index (χ2v) is 6.61. The summed E-state index contributed by atoms with van der Waals surface area (Å²) >= 11 is 0. The number of hydrogen-bond donors (Lipinski definition) is 1. The SMILES string of the molecule is CCC(Cc1ccccc1S(=O)(=O)N(C)C)NC. The fourth-order valence-corrected chi connectivity index (χ4v) is 2.96.